The maximum atomic E-state index is 11.2. The maximum Gasteiger partial charge on any atom is 0.285 e. The number of aromatic nitrogens is 2. The summed E-state index contributed by atoms with van der Waals surface area (Å²) in [5, 5.41) is 6.19. The van der Waals surface area contributed by atoms with Crippen LogP contribution >= 0.6 is 0 Å². The van der Waals surface area contributed by atoms with Gasteiger partial charge in [-0.1, -0.05) is 0 Å². The standard InChI is InChI=1S/C6H10N4O4S/c1-4-2-5(9-8-4)6(11)10-7-3-15(12,13)14/h2,7H,3H2,1H3,(H,8,9)(H,10,11)(H,12,13,14). The molecule has 0 aromatic carbocycles. The van der Waals surface area contributed by atoms with E-state index in [1.54, 1.807) is 6.92 Å². The van der Waals surface area contributed by atoms with Crippen molar-refractivity contribution in [3.05, 3.63) is 17.5 Å². The van der Waals surface area contributed by atoms with Gasteiger partial charge in [-0.15, -0.1) is 0 Å². The van der Waals surface area contributed by atoms with Crippen LogP contribution in [-0.4, -0.2) is 35.0 Å². The molecule has 84 valence electrons. The first-order valence-corrected chi connectivity index (χ1v) is 5.50. The van der Waals surface area contributed by atoms with Crippen molar-refractivity contribution in [2.75, 3.05) is 5.88 Å². The van der Waals surface area contributed by atoms with Crippen molar-refractivity contribution in [1.82, 2.24) is 21.0 Å². The molecule has 1 aromatic rings. The third-order valence-corrected chi connectivity index (χ3v) is 1.90. The van der Waals surface area contributed by atoms with E-state index in [0.717, 1.165) is 0 Å². The van der Waals surface area contributed by atoms with Crippen LogP contribution in [0.5, 0.6) is 0 Å². The van der Waals surface area contributed by atoms with Gasteiger partial charge in [-0.25, -0.2) is 5.43 Å². The highest BCUT2D eigenvalue weighted by Gasteiger charge is 2.09. The van der Waals surface area contributed by atoms with Crippen molar-refractivity contribution >= 4 is 16.0 Å². The van der Waals surface area contributed by atoms with Crippen LogP contribution in [0.4, 0.5) is 0 Å². The molecule has 1 amide bonds. The van der Waals surface area contributed by atoms with Crippen molar-refractivity contribution < 1.29 is 17.8 Å². The van der Waals surface area contributed by atoms with Crippen LogP contribution in [0.1, 0.15) is 16.2 Å². The Morgan fingerprint density at radius 3 is 2.80 bits per heavy atom. The van der Waals surface area contributed by atoms with Crippen LogP contribution in [0.25, 0.3) is 0 Å². The first-order chi connectivity index (χ1) is 6.88. The van der Waals surface area contributed by atoms with E-state index in [1.165, 1.54) is 6.07 Å². The number of carbonyl (C=O) groups excluding carboxylic acids is 1. The number of hydrogen-bond donors (Lipinski definition) is 4. The molecule has 1 heterocycles. The third-order valence-electron chi connectivity index (χ3n) is 1.40. The normalized spacial score (nSPS) is 11.3. The number of nitrogens with one attached hydrogen (secondary N) is 3. The zero-order valence-electron chi connectivity index (χ0n) is 7.81. The Morgan fingerprint density at radius 2 is 2.33 bits per heavy atom. The second-order valence-corrected chi connectivity index (χ2v) is 4.25. The number of nitrogens with zero attached hydrogens (tertiary/aromatic N) is 1. The van der Waals surface area contributed by atoms with Crippen LogP contribution in [0.15, 0.2) is 6.07 Å². The Balaban J connectivity index is 2.44. The van der Waals surface area contributed by atoms with E-state index in [0.29, 0.717) is 5.69 Å². The first-order valence-electron chi connectivity index (χ1n) is 3.89. The van der Waals surface area contributed by atoms with E-state index in [2.05, 4.69) is 15.6 Å². The van der Waals surface area contributed by atoms with Gasteiger partial charge in [-0.2, -0.15) is 13.5 Å². The van der Waals surface area contributed by atoms with Crippen LogP contribution in [-0.2, 0) is 10.1 Å². The van der Waals surface area contributed by atoms with Gasteiger partial charge in [0.05, 0.1) is 0 Å². The topological polar surface area (TPSA) is 124 Å². The molecule has 0 radical (unpaired) electrons. The molecule has 9 heteroatoms. The number of amides is 1. The summed E-state index contributed by atoms with van der Waals surface area (Å²) in [6.07, 6.45) is 0. The monoisotopic (exact) mass is 234 g/mol. The molecule has 0 saturated carbocycles. The van der Waals surface area contributed by atoms with Crippen molar-refractivity contribution in [3.8, 4) is 0 Å². The summed E-state index contributed by atoms with van der Waals surface area (Å²) >= 11 is 0. The number of hydrogen-bond acceptors (Lipinski definition) is 5. The number of hydrazine groups is 1. The van der Waals surface area contributed by atoms with Gasteiger partial charge in [0.25, 0.3) is 16.0 Å². The number of aromatic amines is 1. The second-order valence-electron chi connectivity index (χ2n) is 2.79. The fourth-order valence-electron chi connectivity index (χ4n) is 0.806. The van der Waals surface area contributed by atoms with Gasteiger partial charge in [0.15, 0.2) is 5.69 Å². The minimum Gasteiger partial charge on any atom is -0.285 e. The highest BCUT2D eigenvalue weighted by atomic mass is 32.2. The van der Waals surface area contributed by atoms with E-state index in [-0.39, 0.29) is 5.69 Å². The predicted octanol–water partition coefficient (Wildman–Crippen LogP) is -1.20. The summed E-state index contributed by atoms with van der Waals surface area (Å²) in [4.78, 5) is 11.2. The molecule has 4 N–H and O–H groups in total. The minimum absolute atomic E-state index is 0.121. The Hall–Kier alpha value is -1.45. The molecular weight excluding hydrogens is 224 g/mol. The second kappa shape index (κ2) is 4.38. The number of H-pyrrole nitrogens is 1. The van der Waals surface area contributed by atoms with Crippen LogP contribution in [0.3, 0.4) is 0 Å². The lowest BCUT2D eigenvalue weighted by Gasteiger charge is -2.02. The fourth-order valence-corrected chi connectivity index (χ4v) is 1.06. The smallest absolute Gasteiger partial charge is 0.285 e. The molecule has 1 rings (SSSR count). The molecule has 0 aliphatic heterocycles. The molecule has 1 aromatic heterocycles. The molecular formula is C6H10N4O4S. The van der Waals surface area contributed by atoms with Gasteiger partial charge in [0.1, 0.15) is 5.88 Å². The fraction of sp³-hybridized carbons (Fsp3) is 0.333. The number of carbonyl (C=O) groups is 1. The van der Waals surface area contributed by atoms with Crippen molar-refractivity contribution in [1.29, 1.82) is 0 Å². The molecule has 0 spiro atoms. The average Bonchev–Trinajstić information content (AvgIpc) is 2.49. The molecule has 0 fully saturated rings. The first kappa shape index (κ1) is 11.6. The lowest BCUT2D eigenvalue weighted by molar-refractivity contribution is 0.0931. The van der Waals surface area contributed by atoms with Gasteiger partial charge in [-0.3, -0.25) is 19.9 Å². The van der Waals surface area contributed by atoms with Crippen molar-refractivity contribution in [2.45, 2.75) is 6.92 Å². The zero-order chi connectivity index (χ0) is 11.5. The quantitative estimate of drug-likeness (QED) is 0.383. The summed E-state index contributed by atoms with van der Waals surface area (Å²) < 4.78 is 28.9. The minimum atomic E-state index is -4.15. The molecule has 15 heavy (non-hydrogen) atoms. The largest absolute Gasteiger partial charge is 0.285 e. The molecule has 8 nitrogen and oxygen atoms in total. The Labute approximate surface area is 85.8 Å². The van der Waals surface area contributed by atoms with Gasteiger partial charge < -0.3 is 0 Å². The summed E-state index contributed by atoms with van der Waals surface area (Å²) in [6.45, 7) is 1.72. The summed E-state index contributed by atoms with van der Waals surface area (Å²) in [6, 6.07) is 1.49. The lowest BCUT2D eigenvalue weighted by atomic mass is 10.4. The molecule has 0 unspecified atom stereocenters. The van der Waals surface area contributed by atoms with E-state index >= 15 is 0 Å². The summed E-state index contributed by atoms with van der Waals surface area (Å²) in [7, 11) is -4.15. The van der Waals surface area contributed by atoms with E-state index < -0.39 is 21.9 Å². The summed E-state index contributed by atoms with van der Waals surface area (Å²) in [5.74, 6) is -1.36. The molecule has 0 bridgehead atoms. The SMILES string of the molecule is Cc1cc(C(=O)NNCS(=O)(=O)O)n[nH]1. The van der Waals surface area contributed by atoms with Crippen LogP contribution in [0.2, 0.25) is 0 Å². The Kier molecular flexibility index (Phi) is 3.39. The van der Waals surface area contributed by atoms with E-state index in [1.807, 2.05) is 5.43 Å². The number of aryl methyl sites for hydroxylation is 1. The van der Waals surface area contributed by atoms with Crippen LogP contribution < -0.4 is 10.9 Å². The molecule has 0 saturated heterocycles. The van der Waals surface area contributed by atoms with Gasteiger partial charge >= 0.3 is 0 Å². The maximum absolute atomic E-state index is 11.2. The lowest BCUT2D eigenvalue weighted by Crippen LogP contribution is -2.40. The third kappa shape index (κ3) is 4.06. The van der Waals surface area contributed by atoms with Crippen molar-refractivity contribution in [3.63, 3.8) is 0 Å². The summed E-state index contributed by atoms with van der Waals surface area (Å²) in [5.41, 5.74) is 4.92. The van der Waals surface area contributed by atoms with E-state index in [4.69, 9.17) is 4.55 Å². The molecule has 0 atom stereocenters. The highest BCUT2D eigenvalue weighted by Crippen LogP contribution is 1.96. The van der Waals surface area contributed by atoms with Crippen LogP contribution in [0, 0.1) is 6.92 Å². The Bertz CT molecular complexity index is 451. The highest BCUT2D eigenvalue weighted by molar-refractivity contribution is 7.85. The molecule has 0 aliphatic rings. The van der Waals surface area contributed by atoms with Crippen molar-refractivity contribution in [2.24, 2.45) is 0 Å². The number of rotatable bonds is 4. The zero-order valence-corrected chi connectivity index (χ0v) is 8.63. The predicted molar refractivity (Wildman–Crippen MR) is 50.3 cm³/mol. The van der Waals surface area contributed by atoms with Gasteiger partial charge in [-0.05, 0) is 13.0 Å². The Morgan fingerprint density at radius 1 is 1.67 bits per heavy atom. The van der Waals surface area contributed by atoms with E-state index in [9.17, 15) is 13.2 Å². The average molecular weight is 234 g/mol. The van der Waals surface area contributed by atoms with Gasteiger partial charge in [0, 0.05) is 5.69 Å². The molecule has 0 aliphatic carbocycles. The van der Waals surface area contributed by atoms with Gasteiger partial charge in [0.2, 0.25) is 0 Å².